The Balaban J connectivity index is 1.99. The second-order valence-corrected chi connectivity index (χ2v) is 4.53. The number of imide groups is 1. The van der Waals surface area contributed by atoms with Crippen LogP contribution in [0.25, 0.3) is 0 Å². The molecule has 1 aromatic carbocycles. The Morgan fingerprint density at radius 2 is 1.90 bits per heavy atom. The molecule has 1 aromatic rings. The number of amides is 3. The zero-order valence-corrected chi connectivity index (χ0v) is 11.3. The highest BCUT2D eigenvalue weighted by Crippen LogP contribution is 2.18. The van der Waals surface area contributed by atoms with Crippen molar-refractivity contribution in [2.75, 3.05) is 24.3 Å². The van der Waals surface area contributed by atoms with Gasteiger partial charge in [0, 0.05) is 38.3 Å². The van der Waals surface area contributed by atoms with Crippen LogP contribution >= 0.6 is 0 Å². The number of nitrogens with zero attached hydrogens (tertiary/aromatic N) is 2. The van der Waals surface area contributed by atoms with Crippen LogP contribution in [-0.4, -0.2) is 37.1 Å². The van der Waals surface area contributed by atoms with Gasteiger partial charge < -0.3 is 9.74 Å². The highest BCUT2D eigenvalue weighted by atomic mass is 16.7. The van der Waals surface area contributed by atoms with Crippen molar-refractivity contribution in [3.63, 3.8) is 0 Å². The van der Waals surface area contributed by atoms with Gasteiger partial charge in [0.2, 0.25) is 0 Å². The molecule has 0 atom stereocenters. The van der Waals surface area contributed by atoms with Gasteiger partial charge in [-0.2, -0.15) is 0 Å². The smallest absolute Gasteiger partial charge is 0.378 e. The van der Waals surface area contributed by atoms with Gasteiger partial charge in [-0.1, -0.05) is 6.07 Å². The number of carbonyl (C=O) groups excluding carboxylic acids is 3. The van der Waals surface area contributed by atoms with Crippen molar-refractivity contribution in [2.24, 2.45) is 0 Å². The summed E-state index contributed by atoms with van der Waals surface area (Å²) in [5, 5.41) is 2.98. The molecule has 1 aliphatic rings. The largest absolute Gasteiger partial charge is 0.436 e. The van der Waals surface area contributed by atoms with E-state index in [-0.39, 0.29) is 12.8 Å². The average Bonchev–Trinajstić information content (AvgIpc) is 2.71. The molecule has 106 valence electrons. The molecule has 0 aliphatic carbocycles. The van der Waals surface area contributed by atoms with Gasteiger partial charge in [0.25, 0.3) is 11.8 Å². The van der Waals surface area contributed by atoms with Gasteiger partial charge in [0.1, 0.15) is 0 Å². The molecule has 0 aromatic heterocycles. The van der Waals surface area contributed by atoms with E-state index in [1.165, 1.54) is 0 Å². The molecular weight excluding hydrogens is 262 g/mol. The van der Waals surface area contributed by atoms with Crippen molar-refractivity contribution in [3.8, 4) is 0 Å². The van der Waals surface area contributed by atoms with Gasteiger partial charge in [-0.05, 0) is 18.2 Å². The van der Waals surface area contributed by atoms with E-state index in [0.717, 1.165) is 5.69 Å². The summed E-state index contributed by atoms with van der Waals surface area (Å²) in [5.41, 5.74) is 1.41. The number of anilines is 2. The summed E-state index contributed by atoms with van der Waals surface area (Å²) in [6.07, 6.45) is -0.728. The van der Waals surface area contributed by atoms with E-state index < -0.39 is 17.9 Å². The number of carbonyl (C=O) groups is 3. The molecular formula is C13H15N3O4. The lowest BCUT2D eigenvalue weighted by Gasteiger charge is -2.15. The Kier molecular flexibility index (Phi) is 3.88. The summed E-state index contributed by atoms with van der Waals surface area (Å²) in [4.78, 5) is 40.9. The maximum atomic E-state index is 11.6. The Morgan fingerprint density at radius 3 is 2.50 bits per heavy atom. The third-order valence-electron chi connectivity index (χ3n) is 2.79. The van der Waals surface area contributed by atoms with Gasteiger partial charge in [-0.3, -0.25) is 14.9 Å². The second kappa shape index (κ2) is 5.60. The first-order valence-electron chi connectivity index (χ1n) is 6.09. The van der Waals surface area contributed by atoms with Crippen molar-refractivity contribution in [2.45, 2.75) is 12.8 Å². The van der Waals surface area contributed by atoms with E-state index in [2.05, 4.69) is 5.32 Å². The van der Waals surface area contributed by atoms with Gasteiger partial charge in [-0.25, -0.2) is 4.79 Å². The highest BCUT2D eigenvalue weighted by molar-refractivity contribution is 6.02. The number of benzene rings is 1. The van der Waals surface area contributed by atoms with Crippen LogP contribution in [0.15, 0.2) is 24.3 Å². The zero-order valence-electron chi connectivity index (χ0n) is 11.3. The fourth-order valence-corrected chi connectivity index (χ4v) is 1.74. The minimum atomic E-state index is -0.871. The van der Waals surface area contributed by atoms with Gasteiger partial charge in [-0.15, -0.1) is 5.06 Å². The number of hydrogen-bond donors (Lipinski definition) is 1. The summed E-state index contributed by atoms with van der Waals surface area (Å²) < 4.78 is 0. The molecule has 3 amide bonds. The van der Waals surface area contributed by atoms with E-state index in [9.17, 15) is 14.4 Å². The van der Waals surface area contributed by atoms with E-state index in [0.29, 0.717) is 10.8 Å². The lowest BCUT2D eigenvalue weighted by atomic mass is 10.2. The van der Waals surface area contributed by atoms with Crippen LogP contribution < -0.4 is 10.2 Å². The van der Waals surface area contributed by atoms with Crippen molar-refractivity contribution >= 4 is 29.3 Å². The summed E-state index contributed by atoms with van der Waals surface area (Å²) in [5.74, 6) is -1.01. The standard InChI is InChI=1S/C13H15N3O4/c1-15(2)10-5-3-4-9(8-10)14-13(19)20-16-11(17)6-7-12(16)18/h3-5,8H,6-7H2,1-2H3,(H,14,19). The van der Waals surface area contributed by atoms with Gasteiger partial charge in [0.05, 0.1) is 0 Å². The molecule has 0 unspecified atom stereocenters. The monoisotopic (exact) mass is 277 g/mol. The lowest BCUT2D eigenvalue weighted by Crippen LogP contribution is -2.33. The van der Waals surface area contributed by atoms with E-state index in [1.807, 2.05) is 25.1 Å². The average molecular weight is 277 g/mol. The molecule has 7 heteroatoms. The Labute approximate surface area is 116 Å². The van der Waals surface area contributed by atoms with Crippen LogP contribution in [0, 0.1) is 0 Å². The van der Waals surface area contributed by atoms with E-state index in [1.54, 1.807) is 18.2 Å². The Bertz CT molecular complexity index is 540. The summed E-state index contributed by atoms with van der Waals surface area (Å²) in [6.45, 7) is 0. The first kappa shape index (κ1) is 13.9. The topological polar surface area (TPSA) is 79.0 Å². The molecule has 20 heavy (non-hydrogen) atoms. The second-order valence-electron chi connectivity index (χ2n) is 4.53. The molecule has 7 nitrogen and oxygen atoms in total. The quantitative estimate of drug-likeness (QED) is 0.844. The fourth-order valence-electron chi connectivity index (χ4n) is 1.74. The fraction of sp³-hybridized carbons (Fsp3) is 0.308. The van der Waals surface area contributed by atoms with Crippen LogP contribution in [0.1, 0.15) is 12.8 Å². The van der Waals surface area contributed by atoms with Crippen LogP contribution in [0.2, 0.25) is 0 Å². The Morgan fingerprint density at radius 1 is 1.25 bits per heavy atom. The molecule has 1 N–H and O–H groups in total. The number of rotatable bonds is 3. The molecule has 1 heterocycles. The summed E-state index contributed by atoms with van der Waals surface area (Å²) in [7, 11) is 3.75. The van der Waals surface area contributed by atoms with E-state index in [4.69, 9.17) is 4.84 Å². The van der Waals surface area contributed by atoms with E-state index >= 15 is 0 Å². The van der Waals surface area contributed by atoms with Crippen LogP contribution in [-0.2, 0) is 14.4 Å². The molecule has 0 radical (unpaired) electrons. The molecule has 0 saturated carbocycles. The molecule has 0 bridgehead atoms. The molecule has 1 fully saturated rings. The van der Waals surface area contributed by atoms with Crippen molar-refractivity contribution in [1.29, 1.82) is 0 Å². The Hall–Kier alpha value is -2.57. The highest BCUT2D eigenvalue weighted by Gasteiger charge is 2.32. The predicted molar refractivity (Wildman–Crippen MR) is 72.0 cm³/mol. The van der Waals surface area contributed by atoms with Crippen molar-refractivity contribution in [1.82, 2.24) is 5.06 Å². The first-order chi connectivity index (χ1) is 9.47. The maximum absolute atomic E-state index is 11.6. The molecule has 1 saturated heterocycles. The minimum absolute atomic E-state index is 0.0717. The number of hydroxylamine groups is 2. The van der Waals surface area contributed by atoms with Gasteiger partial charge >= 0.3 is 6.09 Å². The molecule has 0 spiro atoms. The SMILES string of the molecule is CN(C)c1cccc(NC(=O)ON2C(=O)CCC2=O)c1. The van der Waals surface area contributed by atoms with Crippen LogP contribution in [0.5, 0.6) is 0 Å². The number of hydrogen-bond acceptors (Lipinski definition) is 5. The lowest BCUT2D eigenvalue weighted by molar-refractivity contribution is -0.170. The van der Waals surface area contributed by atoms with Gasteiger partial charge in [0.15, 0.2) is 0 Å². The third kappa shape index (κ3) is 3.05. The minimum Gasteiger partial charge on any atom is -0.378 e. The van der Waals surface area contributed by atoms with Crippen LogP contribution in [0.3, 0.4) is 0 Å². The van der Waals surface area contributed by atoms with Crippen molar-refractivity contribution < 1.29 is 19.2 Å². The van der Waals surface area contributed by atoms with Crippen LogP contribution in [0.4, 0.5) is 16.2 Å². The normalized spacial score (nSPS) is 14.4. The van der Waals surface area contributed by atoms with Crippen molar-refractivity contribution in [3.05, 3.63) is 24.3 Å². The summed E-state index contributed by atoms with van der Waals surface area (Å²) >= 11 is 0. The molecule has 2 rings (SSSR count). The zero-order chi connectivity index (χ0) is 14.7. The third-order valence-corrected chi connectivity index (χ3v) is 2.79. The predicted octanol–water partition coefficient (Wildman–Crippen LogP) is 1.37. The maximum Gasteiger partial charge on any atom is 0.436 e. The first-order valence-corrected chi connectivity index (χ1v) is 6.09. The summed E-state index contributed by atoms with van der Waals surface area (Å²) in [6, 6.07) is 7.08. The number of nitrogens with one attached hydrogen (secondary N) is 1. The molecule has 1 aliphatic heterocycles.